The van der Waals surface area contributed by atoms with Crippen LogP contribution >= 0.6 is 11.6 Å². The third kappa shape index (κ3) is 4.35. The molecule has 0 aromatic carbocycles. The quantitative estimate of drug-likeness (QED) is 0.596. The number of ether oxygens (including phenoxy) is 1. The zero-order valence-electron chi connectivity index (χ0n) is 10.5. The molecule has 0 amide bonds. The molecule has 0 aliphatic heterocycles. The summed E-state index contributed by atoms with van der Waals surface area (Å²) in [7, 11) is 0. The fourth-order valence-corrected chi connectivity index (χ4v) is 1.61. The topological polar surface area (TPSA) is 39.2 Å². The second-order valence-corrected chi connectivity index (χ2v) is 4.43. The van der Waals surface area contributed by atoms with Crippen LogP contribution < -0.4 is 0 Å². The van der Waals surface area contributed by atoms with Gasteiger partial charge in [-0.25, -0.2) is 9.78 Å². The minimum Gasteiger partial charge on any atom is -0.459 e. The number of halogens is 1. The maximum Gasteiger partial charge on any atom is 0.338 e. The van der Waals surface area contributed by atoms with Crippen LogP contribution in [0.2, 0.25) is 5.15 Å². The summed E-state index contributed by atoms with van der Waals surface area (Å²) in [6.07, 6.45) is 2.49. The van der Waals surface area contributed by atoms with E-state index in [2.05, 4.69) is 11.9 Å². The summed E-state index contributed by atoms with van der Waals surface area (Å²) in [4.78, 5) is 16.0. The van der Waals surface area contributed by atoms with E-state index in [0.717, 1.165) is 25.0 Å². The molecule has 0 aliphatic carbocycles. The van der Waals surface area contributed by atoms with E-state index < -0.39 is 0 Å². The molecule has 0 saturated carbocycles. The maximum atomic E-state index is 11.8. The van der Waals surface area contributed by atoms with Crippen LogP contribution in [0.4, 0.5) is 0 Å². The molecule has 3 nitrogen and oxygen atoms in total. The first-order valence-electron chi connectivity index (χ1n) is 5.94. The Morgan fingerprint density at radius 1 is 1.47 bits per heavy atom. The van der Waals surface area contributed by atoms with Crippen LogP contribution in [-0.4, -0.2) is 17.1 Å². The van der Waals surface area contributed by atoms with Gasteiger partial charge in [0.1, 0.15) is 5.15 Å². The minimum atomic E-state index is -0.332. The monoisotopic (exact) mass is 255 g/mol. The van der Waals surface area contributed by atoms with Crippen molar-refractivity contribution in [1.29, 1.82) is 0 Å². The maximum absolute atomic E-state index is 11.8. The molecule has 1 aromatic rings. The predicted molar refractivity (Wildman–Crippen MR) is 68.4 cm³/mol. The SMILES string of the molecule is CCCc1cc(C(=O)OC(C)CC)cc(Cl)n1. The molecule has 1 aromatic heterocycles. The molecule has 1 heterocycles. The average molecular weight is 256 g/mol. The van der Waals surface area contributed by atoms with Crippen LogP contribution in [0.15, 0.2) is 12.1 Å². The number of nitrogens with zero attached hydrogens (tertiary/aromatic N) is 1. The summed E-state index contributed by atoms with van der Waals surface area (Å²) >= 11 is 5.88. The van der Waals surface area contributed by atoms with Crippen molar-refractivity contribution < 1.29 is 9.53 Å². The van der Waals surface area contributed by atoms with Gasteiger partial charge >= 0.3 is 5.97 Å². The Balaban J connectivity index is 2.85. The van der Waals surface area contributed by atoms with Gasteiger partial charge in [0.15, 0.2) is 0 Å². The second kappa shape index (κ2) is 6.60. The first-order chi connectivity index (χ1) is 8.06. The molecule has 17 heavy (non-hydrogen) atoms. The van der Waals surface area contributed by atoms with Gasteiger partial charge in [0.25, 0.3) is 0 Å². The number of hydrogen-bond donors (Lipinski definition) is 0. The Morgan fingerprint density at radius 3 is 2.76 bits per heavy atom. The van der Waals surface area contributed by atoms with E-state index in [4.69, 9.17) is 16.3 Å². The molecule has 0 bridgehead atoms. The Morgan fingerprint density at radius 2 is 2.18 bits per heavy atom. The first kappa shape index (κ1) is 14.0. The smallest absolute Gasteiger partial charge is 0.338 e. The third-order valence-corrected chi connectivity index (χ3v) is 2.67. The second-order valence-electron chi connectivity index (χ2n) is 4.04. The van der Waals surface area contributed by atoms with Crippen LogP contribution in [0.5, 0.6) is 0 Å². The van der Waals surface area contributed by atoms with Crippen molar-refractivity contribution in [3.8, 4) is 0 Å². The Hall–Kier alpha value is -1.09. The lowest BCUT2D eigenvalue weighted by Crippen LogP contribution is -2.14. The number of aryl methyl sites for hydroxylation is 1. The Bertz CT molecular complexity index is 393. The van der Waals surface area contributed by atoms with Gasteiger partial charge in [0, 0.05) is 5.69 Å². The van der Waals surface area contributed by atoms with Crippen molar-refractivity contribution in [2.45, 2.75) is 46.1 Å². The summed E-state index contributed by atoms with van der Waals surface area (Å²) in [6, 6.07) is 3.30. The molecule has 0 fully saturated rings. The van der Waals surface area contributed by atoms with Crippen molar-refractivity contribution in [3.63, 3.8) is 0 Å². The summed E-state index contributed by atoms with van der Waals surface area (Å²) in [5, 5.41) is 0.340. The van der Waals surface area contributed by atoms with Gasteiger partial charge in [-0.2, -0.15) is 0 Å². The van der Waals surface area contributed by atoms with Gasteiger partial charge in [0.05, 0.1) is 11.7 Å². The van der Waals surface area contributed by atoms with Gasteiger partial charge in [-0.05, 0) is 31.9 Å². The summed E-state index contributed by atoms with van der Waals surface area (Å²) in [6.45, 7) is 5.90. The summed E-state index contributed by atoms with van der Waals surface area (Å²) in [5.74, 6) is -0.332. The van der Waals surface area contributed by atoms with Crippen molar-refractivity contribution in [3.05, 3.63) is 28.5 Å². The zero-order valence-corrected chi connectivity index (χ0v) is 11.3. The van der Waals surface area contributed by atoms with Gasteiger partial charge in [-0.1, -0.05) is 31.9 Å². The number of carbonyl (C=O) groups excluding carboxylic acids is 1. The number of esters is 1. The van der Waals surface area contributed by atoms with Crippen LogP contribution in [0, 0.1) is 0 Å². The number of rotatable bonds is 5. The van der Waals surface area contributed by atoms with E-state index in [9.17, 15) is 4.79 Å². The average Bonchev–Trinajstić information content (AvgIpc) is 2.28. The van der Waals surface area contributed by atoms with Crippen molar-refractivity contribution in [1.82, 2.24) is 4.98 Å². The normalized spacial score (nSPS) is 12.2. The predicted octanol–water partition coefficient (Wildman–Crippen LogP) is 3.64. The molecule has 1 unspecified atom stereocenters. The Kier molecular flexibility index (Phi) is 5.42. The minimum absolute atomic E-state index is 0.0796. The molecule has 1 atom stereocenters. The van der Waals surface area contributed by atoms with Crippen LogP contribution in [0.25, 0.3) is 0 Å². The van der Waals surface area contributed by atoms with Gasteiger partial charge in [-0.15, -0.1) is 0 Å². The molecular formula is C13H18ClNO2. The molecule has 94 valence electrons. The van der Waals surface area contributed by atoms with Crippen molar-refractivity contribution in [2.24, 2.45) is 0 Å². The highest BCUT2D eigenvalue weighted by Gasteiger charge is 2.13. The Labute approximate surface area is 107 Å². The van der Waals surface area contributed by atoms with E-state index >= 15 is 0 Å². The van der Waals surface area contributed by atoms with E-state index in [1.807, 2.05) is 13.8 Å². The first-order valence-corrected chi connectivity index (χ1v) is 6.32. The molecule has 0 radical (unpaired) electrons. The molecule has 4 heteroatoms. The number of aromatic nitrogens is 1. The fraction of sp³-hybridized carbons (Fsp3) is 0.538. The van der Waals surface area contributed by atoms with Crippen LogP contribution in [-0.2, 0) is 11.2 Å². The number of carbonyl (C=O) groups is 1. The summed E-state index contributed by atoms with van der Waals surface area (Å²) < 4.78 is 5.25. The lowest BCUT2D eigenvalue weighted by molar-refractivity contribution is 0.0334. The van der Waals surface area contributed by atoms with Crippen LogP contribution in [0.1, 0.15) is 49.7 Å². The van der Waals surface area contributed by atoms with E-state index in [1.165, 1.54) is 0 Å². The van der Waals surface area contributed by atoms with Gasteiger partial charge in [0.2, 0.25) is 0 Å². The molecule has 1 rings (SSSR count). The van der Waals surface area contributed by atoms with Crippen LogP contribution in [0.3, 0.4) is 0 Å². The summed E-state index contributed by atoms with van der Waals surface area (Å²) in [5.41, 5.74) is 1.31. The lowest BCUT2D eigenvalue weighted by Gasteiger charge is -2.11. The molecule has 0 saturated heterocycles. The molecule has 0 spiro atoms. The van der Waals surface area contributed by atoms with E-state index in [-0.39, 0.29) is 12.1 Å². The van der Waals surface area contributed by atoms with Crippen molar-refractivity contribution in [2.75, 3.05) is 0 Å². The third-order valence-electron chi connectivity index (χ3n) is 2.47. The standard InChI is InChI=1S/C13H18ClNO2/c1-4-6-11-7-10(8-12(14)15-11)13(16)17-9(3)5-2/h7-9H,4-6H2,1-3H3. The lowest BCUT2D eigenvalue weighted by atomic mass is 10.1. The molecule has 0 aliphatic rings. The molecular weight excluding hydrogens is 238 g/mol. The fourth-order valence-electron chi connectivity index (χ4n) is 1.39. The highest BCUT2D eigenvalue weighted by Crippen LogP contribution is 2.14. The largest absolute Gasteiger partial charge is 0.459 e. The highest BCUT2D eigenvalue weighted by molar-refractivity contribution is 6.29. The molecule has 0 N–H and O–H groups in total. The van der Waals surface area contributed by atoms with E-state index in [0.29, 0.717) is 10.7 Å². The number of pyridine rings is 1. The number of hydrogen-bond acceptors (Lipinski definition) is 3. The highest BCUT2D eigenvalue weighted by atomic mass is 35.5. The van der Waals surface area contributed by atoms with Gasteiger partial charge in [-0.3, -0.25) is 0 Å². The van der Waals surface area contributed by atoms with E-state index in [1.54, 1.807) is 12.1 Å². The zero-order chi connectivity index (χ0) is 12.8. The van der Waals surface area contributed by atoms with Gasteiger partial charge < -0.3 is 4.74 Å². The van der Waals surface area contributed by atoms with Crippen molar-refractivity contribution >= 4 is 17.6 Å².